The largest absolute Gasteiger partial charge is 0.479 e. The molecule has 8 fully saturated rings. The van der Waals surface area contributed by atoms with Crippen molar-refractivity contribution in [3.8, 4) is 0 Å². The van der Waals surface area contributed by atoms with Crippen LogP contribution in [-0.4, -0.2) is 132 Å². The lowest BCUT2D eigenvalue weighted by atomic mass is 9.79. The Morgan fingerprint density at radius 2 is 1.76 bits per heavy atom. The summed E-state index contributed by atoms with van der Waals surface area (Å²) < 4.78 is 45.6. The number of carboxylic acid groups (broad SMARTS) is 1. The number of rotatable bonds is 10. The molecule has 19 atom stereocenters. The van der Waals surface area contributed by atoms with E-state index in [0.717, 1.165) is 51.6 Å². The highest BCUT2D eigenvalue weighted by Gasteiger charge is 2.72. The Kier molecular flexibility index (Phi) is 12.2. The highest BCUT2D eigenvalue weighted by atomic mass is 32.2. The second-order valence-corrected chi connectivity index (χ2v) is 21.3. The van der Waals surface area contributed by atoms with Crippen molar-refractivity contribution in [2.75, 3.05) is 6.61 Å². The molecule has 5 N–H and O–H groups in total. The van der Waals surface area contributed by atoms with E-state index in [1.807, 2.05) is 0 Å². The monoisotopic (exact) mass is 836 g/mol. The summed E-state index contributed by atoms with van der Waals surface area (Å²) in [5.74, 6) is -3.61. The number of carbonyl (C=O) groups is 1. The van der Waals surface area contributed by atoms with E-state index in [9.17, 15) is 30.3 Å². The van der Waals surface area contributed by atoms with Crippen LogP contribution in [0.4, 0.5) is 0 Å². The number of carboxylic acids is 1. The third kappa shape index (κ3) is 8.25. The molecule has 8 aliphatic heterocycles. The third-order valence-corrected chi connectivity index (χ3v) is 16.7. The van der Waals surface area contributed by atoms with Gasteiger partial charge in [-0.3, -0.25) is 0 Å². The van der Waals surface area contributed by atoms with E-state index >= 15 is 0 Å². The fourth-order valence-corrected chi connectivity index (χ4v) is 12.7. The van der Waals surface area contributed by atoms with Crippen LogP contribution in [0.2, 0.25) is 0 Å². The van der Waals surface area contributed by atoms with Crippen LogP contribution in [-0.2, 0) is 38.0 Å². The van der Waals surface area contributed by atoms with Gasteiger partial charge in [0.2, 0.25) is 5.79 Å². The Labute approximate surface area is 347 Å². The molecule has 0 aliphatic carbocycles. The number of hydrogen-bond acceptors (Lipinski definition) is 13. The zero-order valence-corrected chi connectivity index (χ0v) is 35.8. The molecule has 14 heteroatoms. The van der Waals surface area contributed by atoms with Crippen LogP contribution in [0, 0.1) is 17.8 Å². The van der Waals surface area contributed by atoms with Crippen molar-refractivity contribution in [2.24, 2.45) is 17.8 Å². The SMILES string of the molecule is C=C1[C@@H](O)[C@@H]2O[C@]3(CC[C@H](/C=C/[C@@H](C)[C@@H]4C[C@@]5(C)S[C@H]5[C@@]5(O[C@H](C[C@@](C)(O)C(=O)O)CC[C@H]5O)O4)O3)CC[C@H]2O[C@@H]1[C@@H](O)C[C@H](C)[C@H]1O[C@@]2(CCCCO2)CC[C@H]1C. The molecular formula is C44H68O13S. The first kappa shape index (κ1) is 43.5. The summed E-state index contributed by atoms with van der Waals surface area (Å²) in [7, 11) is 0. The van der Waals surface area contributed by atoms with Crippen molar-refractivity contribution in [3.05, 3.63) is 24.3 Å². The fraction of sp³-hybridized carbons (Fsp3) is 0.886. The van der Waals surface area contributed by atoms with Gasteiger partial charge in [-0.2, -0.15) is 0 Å². The maximum Gasteiger partial charge on any atom is 0.335 e. The summed E-state index contributed by atoms with van der Waals surface area (Å²) in [5, 5.41) is 54.3. The molecule has 0 radical (unpaired) electrons. The van der Waals surface area contributed by atoms with Crippen molar-refractivity contribution in [3.63, 3.8) is 0 Å². The van der Waals surface area contributed by atoms with E-state index in [4.69, 9.17) is 33.2 Å². The molecule has 0 bridgehead atoms. The van der Waals surface area contributed by atoms with Gasteiger partial charge in [0.15, 0.2) is 17.2 Å². The molecule has 328 valence electrons. The second kappa shape index (κ2) is 16.2. The number of hydrogen-bond donors (Lipinski definition) is 5. The highest BCUT2D eigenvalue weighted by molar-refractivity contribution is 8.08. The average molecular weight is 837 g/mol. The van der Waals surface area contributed by atoms with Gasteiger partial charge in [-0.25, -0.2) is 4.79 Å². The van der Waals surface area contributed by atoms with E-state index in [0.29, 0.717) is 50.0 Å². The minimum absolute atomic E-state index is 0.0406. The van der Waals surface area contributed by atoms with Crippen molar-refractivity contribution >= 4 is 17.7 Å². The topological polar surface area (TPSA) is 183 Å². The molecular weight excluding hydrogens is 769 g/mol. The predicted molar refractivity (Wildman–Crippen MR) is 214 cm³/mol. The zero-order chi connectivity index (χ0) is 41.4. The van der Waals surface area contributed by atoms with Crippen molar-refractivity contribution in [2.45, 2.75) is 219 Å². The number of aliphatic carboxylic acids is 1. The van der Waals surface area contributed by atoms with E-state index in [1.165, 1.54) is 6.92 Å². The first-order valence-corrected chi connectivity index (χ1v) is 23.0. The van der Waals surface area contributed by atoms with Gasteiger partial charge in [-0.1, -0.05) is 39.5 Å². The van der Waals surface area contributed by atoms with Crippen molar-refractivity contribution in [1.29, 1.82) is 0 Å². The Balaban J connectivity index is 0.852. The maximum absolute atomic E-state index is 11.7. The van der Waals surface area contributed by atoms with E-state index < -0.39 is 71.7 Å². The number of fused-ring (bicyclic) bond motifs is 3. The fourth-order valence-electron chi connectivity index (χ4n) is 11.3. The summed E-state index contributed by atoms with van der Waals surface area (Å²) in [6.07, 6.45) is 8.13. The standard InChI is InChI=1S/C44H68O13S/c1-24(32-23-41(6)38(58-41)44(55-32)33(46)12-11-29(54-44)22-40(5,50)39(48)49)9-10-28-14-18-43(53-28)19-15-31-37(57-43)34(47)27(4)36(52-31)30(45)21-26(3)35-25(2)13-17-42(56-35)16-7-8-20-51-42/h9-10,24-26,28-38,45-47,50H,4,7-8,11-23H2,1-3,5-6H3,(H,48,49)/b10-9+/t24-,25-,26+,28+,29+,30+,31-,32+,33-,34-,35+,36+,37-,38-,40-,41-,42+,43-,44+/m1/s1. The van der Waals surface area contributed by atoms with Crippen LogP contribution in [0.1, 0.15) is 125 Å². The number of aliphatic hydroxyl groups is 4. The maximum atomic E-state index is 11.7. The number of ether oxygens (including phenoxy) is 7. The van der Waals surface area contributed by atoms with Crippen LogP contribution >= 0.6 is 11.8 Å². The summed E-state index contributed by atoms with van der Waals surface area (Å²) in [6, 6.07) is 0. The molecule has 58 heavy (non-hydrogen) atoms. The van der Waals surface area contributed by atoms with Crippen molar-refractivity contribution < 1.29 is 63.5 Å². The molecule has 3 spiro atoms. The molecule has 8 heterocycles. The van der Waals surface area contributed by atoms with Crippen LogP contribution in [0.25, 0.3) is 0 Å². The lowest BCUT2D eigenvalue weighted by Gasteiger charge is -2.50. The number of aliphatic hydroxyl groups excluding tert-OH is 3. The van der Waals surface area contributed by atoms with Gasteiger partial charge in [0.05, 0.1) is 48.5 Å². The lowest BCUT2D eigenvalue weighted by molar-refractivity contribution is -0.350. The van der Waals surface area contributed by atoms with Crippen LogP contribution in [0.3, 0.4) is 0 Å². The molecule has 0 amide bonds. The summed E-state index contributed by atoms with van der Waals surface area (Å²) >= 11 is 1.72. The Hall–Kier alpha value is -1.14. The van der Waals surface area contributed by atoms with Gasteiger partial charge < -0.3 is 58.7 Å². The summed E-state index contributed by atoms with van der Waals surface area (Å²) in [4.78, 5) is 11.7. The lowest BCUT2D eigenvalue weighted by Crippen LogP contribution is -2.63. The van der Waals surface area contributed by atoms with Gasteiger partial charge in [0, 0.05) is 42.8 Å². The van der Waals surface area contributed by atoms with Gasteiger partial charge in [0.1, 0.15) is 24.4 Å². The smallest absolute Gasteiger partial charge is 0.335 e. The molecule has 0 aromatic rings. The van der Waals surface area contributed by atoms with E-state index in [1.54, 1.807) is 11.8 Å². The quantitative estimate of drug-likeness (QED) is 0.144. The van der Waals surface area contributed by atoms with E-state index in [-0.39, 0.29) is 46.6 Å². The Morgan fingerprint density at radius 1 is 1.00 bits per heavy atom. The van der Waals surface area contributed by atoms with Gasteiger partial charge in [-0.05, 0) is 89.0 Å². The molecule has 0 saturated carbocycles. The third-order valence-electron chi connectivity index (χ3n) is 14.9. The highest BCUT2D eigenvalue weighted by Crippen LogP contribution is 2.67. The minimum Gasteiger partial charge on any atom is -0.479 e. The predicted octanol–water partition coefficient (Wildman–Crippen LogP) is 5.14. The summed E-state index contributed by atoms with van der Waals surface area (Å²) in [5.41, 5.74) is -1.52. The molecule has 0 aromatic heterocycles. The first-order chi connectivity index (χ1) is 27.4. The van der Waals surface area contributed by atoms with Crippen LogP contribution < -0.4 is 0 Å². The Morgan fingerprint density at radius 3 is 2.50 bits per heavy atom. The van der Waals surface area contributed by atoms with Crippen molar-refractivity contribution in [1.82, 2.24) is 0 Å². The minimum atomic E-state index is -1.95. The molecule has 8 saturated heterocycles. The zero-order valence-electron chi connectivity index (χ0n) is 35.0. The van der Waals surface area contributed by atoms with Crippen LogP contribution in [0.5, 0.6) is 0 Å². The van der Waals surface area contributed by atoms with Gasteiger partial charge >= 0.3 is 5.97 Å². The average Bonchev–Trinajstić information content (AvgIpc) is 3.74. The second-order valence-electron chi connectivity index (χ2n) is 19.7. The normalized spacial score (nSPS) is 49.3. The van der Waals surface area contributed by atoms with Crippen LogP contribution in [0.15, 0.2) is 24.3 Å². The molecule has 0 aromatic carbocycles. The first-order valence-electron chi connectivity index (χ1n) is 22.1. The van der Waals surface area contributed by atoms with Gasteiger partial charge in [0.25, 0.3) is 0 Å². The summed E-state index contributed by atoms with van der Waals surface area (Å²) in [6.45, 7) is 14.8. The molecule has 8 rings (SSSR count). The molecule has 13 nitrogen and oxygen atoms in total. The number of thioether (sulfide) groups is 1. The Bertz CT molecular complexity index is 1550. The van der Waals surface area contributed by atoms with E-state index in [2.05, 4.69) is 46.4 Å². The molecule has 8 aliphatic rings. The van der Waals surface area contributed by atoms with Gasteiger partial charge in [-0.15, -0.1) is 11.8 Å². The molecule has 0 unspecified atom stereocenters.